The second kappa shape index (κ2) is 8.39. The maximum atomic E-state index is 12.9. The zero-order valence-corrected chi connectivity index (χ0v) is 18.4. The summed E-state index contributed by atoms with van der Waals surface area (Å²) in [5.41, 5.74) is 1.89. The van der Waals surface area contributed by atoms with Crippen molar-refractivity contribution in [3.8, 4) is 0 Å². The number of imidazole rings is 1. The Bertz CT molecular complexity index is 1080. The number of aromatic nitrogens is 2. The fraction of sp³-hybridized carbons (Fsp3) is 0.421. The lowest BCUT2D eigenvalue weighted by atomic mass is 10.2. The minimum absolute atomic E-state index is 0.00641. The monoisotopic (exact) mass is 438 g/mol. The molecule has 1 aliphatic heterocycles. The van der Waals surface area contributed by atoms with E-state index in [2.05, 4.69) is 4.98 Å². The lowest BCUT2D eigenvalue weighted by molar-refractivity contribution is 0.406. The molecule has 1 aliphatic rings. The van der Waals surface area contributed by atoms with Gasteiger partial charge in [0.1, 0.15) is 5.82 Å². The van der Waals surface area contributed by atoms with Crippen molar-refractivity contribution in [2.24, 2.45) is 7.05 Å². The molecule has 2 aromatic rings. The Morgan fingerprint density at radius 3 is 2.17 bits per heavy atom. The van der Waals surface area contributed by atoms with Crippen LogP contribution in [0.2, 0.25) is 0 Å². The molecule has 29 heavy (non-hydrogen) atoms. The van der Waals surface area contributed by atoms with Crippen molar-refractivity contribution in [1.82, 2.24) is 18.2 Å². The van der Waals surface area contributed by atoms with Crippen LogP contribution in [-0.2, 0) is 27.1 Å². The van der Waals surface area contributed by atoms with Crippen molar-refractivity contribution >= 4 is 26.1 Å². The van der Waals surface area contributed by atoms with E-state index < -0.39 is 20.0 Å². The molecular weight excluding hydrogens is 412 g/mol. The lowest BCUT2D eigenvalue weighted by Gasteiger charge is -2.19. The predicted molar refractivity (Wildman–Crippen MR) is 112 cm³/mol. The van der Waals surface area contributed by atoms with Crippen LogP contribution in [0.1, 0.15) is 23.4 Å². The first-order valence-electron chi connectivity index (χ1n) is 9.34. The van der Waals surface area contributed by atoms with Gasteiger partial charge in [-0.1, -0.05) is 29.8 Å². The van der Waals surface area contributed by atoms with Gasteiger partial charge in [0.25, 0.3) is 10.0 Å². The molecule has 0 spiro atoms. The topological polar surface area (TPSA) is 92.6 Å². The predicted octanol–water partition coefficient (Wildman–Crippen LogP) is 1.73. The summed E-state index contributed by atoms with van der Waals surface area (Å²) < 4.78 is 55.4. The molecule has 1 aromatic carbocycles. The molecule has 0 bridgehead atoms. The molecule has 2 heterocycles. The number of nitrogens with zero attached hydrogens (tertiary/aromatic N) is 4. The first kappa shape index (κ1) is 21.7. The van der Waals surface area contributed by atoms with Gasteiger partial charge in [0.15, 0.2) is 5.03 Å². The quantitative estimate of drug-likeness (QED) is 0.709. The number of benzene rings is 1. The third-order valence-electron chi connectivity index (χ3n) is 4.97. The van der Waals surface area contributed by atoms with Crippen molar-refractivity contribution < 1.29 is 16.8 Å². The molecule has 0 unspecified atom stereocenters. The molecule has 158 valence electrons. The zero-order chi connectivity index (χ0) is 21.2. The summed E-state index contributed by atoms with van der Waals surface area (Å²) in [6, 6.07) is 7.54. The Hall–Kier alpha value is -2.01. The summed E-state index contributed by atoms with van der Waals surface area (Å²) in [6.07, 6.45) is 3.46. The minimum Gasteiger partial charge on any atom is -0.337 e. The fourth-order valence-electron chi connectivity index (χ4n) is 3.08. The van der Waals surface area contributed by atoms with E-state index in [4.69, 9.17) is 0 Å². The Morgan fingerprint density at radius 2 is 1.55 bits per heavy atom. The van der Waals surface area contributed by atoms with Crippen molar-refractivity contribution in [1.29, 1.82) is 0 Å². The largest absolute Gasteiger partial charge is 0.337 e. The second-order valence-corrected chi connectivity index (χ2v) is 10.9. The first-order valence-corrected chi connectivity index (χ1v) is 12.3. The molecule has 0 amide bonds. The lowest BCUT2D eigenvalue weighted by Crippen LogP contribution is -2.36. The van der Waals surface area contributed by atoms with E-state index in [9.17, 15) is 16.8 Å². The molecule has 0 N–H and O–H groups in total. The number of hydrogen-bond donors (Lipinski definition) is 0. The summed E-state index contributed by atoms with van der Waals surface area (Å²) in [5.74, 6) is 0.601. The average molecular weight is 439 g/mol. The Labute approximate surface area is 172 Å². The van der Waals surface area contributed by atoms with Crippen LogP contribution in [0, 0.1) is 13.8 Å². The molecule has 0 atom stereocenters. The SMILES string of the molecule is Cc1ccc(/C=C/S(=O)(=O)N2CCCN(S(=O)(=O)c3cn(C)c(C)n3)CC2)cc1. The van der Waals surface area contributed by atoms with Crippen molar-refractivity contribution in [3.05, 3.63) is 52.8 Å². The minimum atomic E-state index is -3.75. The van der Waals surface area contributed by atoms with E-state index in [1.807, 2.05) is 31.2 Å². The van der Waals surface area contributed by atoms with Gasteiger partial charge >= 0.3 is 0 Å². The van der Waals surface area contributed by atoms with Gasteiger partial charge in [-0.25, -0.2) is 21.8 Å². The highest BCUT2D eigenvalue weighted by Gasteiger charge is 2.31. The van der Waals surface area contributed by atoms with Crippen LogP contribution < -0.4 is 0 Å². The van der Waals surface area contributed by atoms with Gasteiger partial charge in [0.05, 0.1) is 0 Å². The summed E-state index contributed by atoms with van der Waals surface area (Å²) in [7, 11) is -5.66. The molecule has 0 aliphatic carbocycles. The van der Waals surface area contributed by atoms with Crippen LogP contribution in [-0.4, -0.2) is 61.2 Å². The third-order valence-corrected chi connectivity index (χ3v) is 8.31. The van der Waals surface area contributed by atoms with Gasteiger partial charge in [0, 0.05) is 44.8 Å². The second-order valence-electron chi connectivity index (χ2n) is 7.15. The summed E-state index contributed by atoms with van der Waals surface area (Å²) in [4.78, 5) is 4.11. The average Bonchev–Trinajstić information content (AvgIpc) is 2.87. The molecule has 10 heteroatoms. The Morgan fingerprint density at radius 1 is 0.931 bits per heavy atom. The standard InChI is InChI=1S/C19H26N4O4S2/c1-16-5-7-18(8-6-16)9-14-28(24,25)22-10-4-11-23(13-12-22)29(26,27)19-15-21(3)17(2)20-19/h5-9,14-15H,4,10-13H2,1-3H3/b14-9+. The van der Waals surface area contributed by atoms with E-state index in [1.165, 1.54) is 20.2 Å². The molecule has 1 fully saturated rings. The first-order chi connectivity index (χ1) is 13.6. The van der Waals surface area contributed by atoms with Crippen LogP contribution in [0.3, 0.4) is 0 Å². The van der Waals surface area contributed by atoms with E-state index in [-0.39, 0.29) is 31.2 Å². The van der Waals surface area contributed by atoms with E-state index in [0.29, 0.717) is 12.2 Å². The van der Waals surface area contributed by atoms with Crippen molar-refractivity contribution in [3.63, 3.8) is 0 Å². The Kier molecular flexibility index (Phi) is 6.27. The maximum absolute atomic E-state index is 12.9. The number of rotatable bonds is 5. The van der Waals surface area contributed by atoms with Crippen LogP contribution in [0.5, 0.6) is 0 Å². The molecule has 0 saturated carbocycles. The highest BCUT2D eigenvalue weighted by molar-refractivity contribution is 7.92. The van der Waals surface area contributed by atoms with Crippen molar-refractivity contribution in [2.45, 2.75) is 25.3 Å². The van der Waals surface area contributed by atoms with Gasteiger partial charge < -0.3 is 4.57 Å². The summed E-state index contributed by atoms with van der Waals surface area (Å²) in [6.45, 7) is 4.42. The van der Waals surface area contributed by atoms with E-state index in [0.717, 1.165) is 11.1 Å². The summed E-state index contributed by atoms with van der Waals surface area (Å²) in [5, 5.41) is 1.18. The molecule has 1 aromatic heterocycles. The van der Waals surface area contributed by atoms with E-state index >= 15 is 0 Å². The third kappa shape index (κ3) is 4.95. The fourth-order valence-corrected chi connectivity index (χ4v) is 5.79. The normalized spacial score (nSPS) is 17.6. The molecule has 1 saturated heterocycles. The van der Waals surface area contributed by atoms with Gasteiger partial charge in [-0.15, -0.1) is 0 Å². The van der Waals surface area contributed by atoms with Gasteiger partial charge in [-0.05, 0) is 31.9 Å². The van der Waals surface area contributed by atoms with Crippen LogP contribution >= 0.6 is 0 Å². The zero-order valence-electron chi connectivity index (χ0n) is 16.8. The maximum Gasteiger partial charge on any atom is 0.262 e. The van der Waals surface area contributed by atoms with Gasteiger partial charge in [-0.2, -0.15) is 8.61 Å². The van der Waals surface area contributed by atoms with Crippen LogP contribution in [0.4, 0.5) is 0 Å². The molecular formula is C19H26N4O4S2. The van der Waals surface area contributed by atoms with Crippen LogP contribution in [0.15, 0.2) is 40.9 Å². The van der Waals surface area contributed by atoms with Crippen molar-refractivity contribution in [2.75, 3.05) is 26.2 Å². The van der Waals surface area contributed by atoms with Gasteiger partial charge in [-0.3, -0.25) is 0 Å². The highest BCUT2D eigenvalue weighted by atomic mass is 32.2. The summed E-state index contributed by atoms with van der Waals surface area (Å²) >= 11 is 0. The number of aryl methyl sites for hydroxylation is 3. The number of sulfonamides is 2. The van der Waals surface area contributed by atoms with Crippen LogP contribution in [0.25, 0.3) is 6.08 Å². The smallest absolute Gasteiger partial charge is 0.262 e. The van der Waals surface area contributed by atoms with Gasteiger partial charge in [0.2, 0.25) is 10.0 Å². The molecule has 3 rings (SSSR count). The Balaban J connectivity index is 1.72. The number of hydrogen-bond acceptors (Lipinski definition) is 5. The molecule has 0 radical (unpaired) electrons. The van der Waals surface area contributed by atoms with E-state index in [1.54, 1.807) is 24.6 Å². The molecule has 8 nitrogen and oxygen atoms in total. The highest BCUT2D eigenvalue weighted by Crippen LogP contribution is 2.19.